The van der Waals surface area contributed by atoms with Gasteiger partial charge >= 0.3 is 0 Å². The molecule has 4 N–H and O–H groups in total. The Labute approximate surface area is 133 Å². The first-order valence-electron chi connectivity index (χ1n) is 7.78. The number of unbranched alkanes of at least 4 members (excludes halogenated alkanes) is 3. The number of benzene rings is 1. The molecule has 6 nitrogen and oxygen atoms in total. The molecule has 0 aliphatic heterocycles. The van der Waals surface area contributed by atoms with Crippen molar-refractivity contribution >= 4 is 15.7 Å². The first kappa shape index (κ1) is 18.7. The molecule has 0 fully saturated rings. The van der Waals surface area contributed by atoms with Crippen molar-refractivity contribution in [1.29, 1.82) is 0 Å². The summed E-state index contributed by atoms with van der Waals surface area (Å²) >= 11 is 0. The van der Waals surface area contributed by atoms with Gasteiger partial charge in [-0.05, 0) is 31.0 Å². The van der Waals surface area contributed by atoms with Crippen molar-refractivity contribution in [3.63, 3.8) is 0 Å². The summed E-state index contributed by atoms with van der Waals surface area (Å²) in [7, 11) is -3.52. The van der Waals surface area contributed by atoms with E-state index in [0.29, 0.717) is 24.6 Å². The average molecular weight is 329 g/mol. The van der Waals surface area contributed by atoms with Crippen LogP contribution in [0.2, 0.25) is 0 Å². The fourth-order valence-electron chi connectivity index (χ4n) is 1.97. The van der Waals surface area contributed by atoms with Gasteiger partial charge in [0.1, 0.15) is 5.75 Å². The van der Waals surface area contributed by atoms with Crippen molar-refractivity contribution in [2.75, 3.05) is 18.6 Å². The zero-order valence-electron chi connectivity index (χ0n) is 13.4. The quantitative estimate of drug-likeness (QED) is 0.330. The van der Waals surface area contributed by atoms with Gasteiger partial charge in [-0.25, -0.2) is 13.1 Å². The second kappa shape index (κ2) is 9.66. The third-order valence-corrected chi connectivity index (χ3v) is 4.66. The number of hydrazine groups is 1. The highest BCUT2D eigenvalue weighted by molar-refractivity contribution is 7.89. The summed E-state index contributed by atoms with van der Waals surface area (Å²) < 4.78 is 32.6. The summed E-state index contributed by atoms with van der Waals surface area (Å²) in [5.74, 6) is 5.99. The molecule has 1 rings (SSSR count). The van der Waals surface area contributed by atoms with Gasteiger partial charge in [0, 0.05) is 6.54 Å². The Morgan fingerprint density at radius 3 is 2.55 bits per heavy atom. The van der Waals surface area contributed by atoms with Crippen LogP contribution in [0.15, 0.2) is 23.1 Å². The van der Waals surface area contributed by atoms with Crippen LogP contribution in [0.3, 0.4) is 0 Å². The lowest BCUT2D eigenvalue weighted by atomic mass is 10.2. The molecule has 1 aromatic carbocycles. The number of nitrogen functional groups attached to an aromatic ring is 1. The predicted octanol–water partition coefficient (Wildman–Crippen LogP) is 2.62. The predicted molar refractivity (Wildman–Crippen MR) is 89.4 cm³/mol. The molecule has 0 atom stereocenters. The van der Waals surface area contributed by atoms with Gasteiger partial charge in [-0.2, -0.15) is 0 Å². The van der Waals surface area contributed by atoms with Crippen LogP contribution in [0.5, 0.6) is 5.75 Å². The van der Waals surface area contributed by atoms with Crippen molar-refractivity contribution in [3.05, 3.63) is 18.2 Å². The summed E-state index contributed by atoms with van der Waals surface area (Å²) in [5, 5.41) is 0. The van der Waals surface area contributed by atoms with Crippen LogP contribution >= 0.6 is 0 Å². The Balaban J connectivity index is 2.73. The molecule has 0 amide bonds. The molecule has 0 aliphatic rings. The number of sulfonamides is 1. The Bertz CT molecular complexity index is 547. The van der Waals surface area contributed by atoms with Gasteiger partial charge in [-0.1, -0.05) is 33.1 Å². The van der Waals surface area contributed by atoms with Crippen molar-refractivity contribution < 1.29 is 13.2 Å². The van der Waals surface area contributed by atoms with Crippen LogP contribution in [-0.4, -0.2) is 21.6 Å². The van der Waals surface area contributed by atoms with Crippen LogP contribution in [0.1, 0.15) is 46.0 Å². The molecule has 0 spiro atoms. The number of nitrogens with one attached hydrogen (secondary N) is 2. The minimum absolute atomic E-state index is 0.180. The van der Waals surface area contributed by atoms with E-state index in [9.17, 15) is 8.42 Å². The van der Waals surface area contributed by atoms with Gasteiger partial charge in [-0.3, -0.25) is 5.84 Å². The SMILES string of the molecule is CCCCCCNS(=O)(=O)c1ccc(OCCC)c(NN)c1. The maximum Gasteiger partial charge on any atom is 0.240 e. The first-order valence-corrected chi connectivity index (χ1v) is 9.26. The summed E-state index contributed by atoms with van der Waals surface area (Å²) in [6.07, 6.45) is 4.97. The second-order valence-electron chi connectivity index (χ2n) is 5.11. The van der Waals surface area contributed by atoms with Gasteiger partial charge in [-0.15, -0.1) is 0 Å². The van der Waals surface area contributed by atoms with Gasteiger partial charge in [0.2, 0.25) is 10.0 Å². The monoisotopic (exact) mass is 329 g/mol. The normalized spacial score (nSPS) is 11.4. The van der Waals surface area contributed by atoms with Gasteiger partial charge in [0.25, 0.3) is 0 Å². The molecule has 0 aliphatic carbocycles. The molecule has 0 saturated heterocycles. The largest absolute Gasteiger partial charge is 0.491 e. The smallest absolute Gasteiger partial charge is 0.240 e. The Morgan fingerprint density at radius 1 is 1.14 bits per heavy atom. The standard InChI is InChI=1S/C15H27N3O3S/c1-3-5-6-7-10-17-22(19,20)13-8-9-15(21-11-4-2)14(12-13)18-16/h8-9,12,17-18H,3-7,10-11,16H2,1-2H3. The van der Waals surface area contributed by atoms with E-state index in [-0.39, 0.29) is 4.90 Å². The number of anilines is 1. The Kier molecular flexibility index (Phi) is 8.22. The van der Waals surface area contributed by atoms with E-state index < -0.39 is 10.0 Å². The molecular weight excluding hydrogens is 302 g/mol. The maximum atomic E-state index is 12.2. The molecule has 22 heavy (non-hydrogen) atoms. The van der Waals surface area contributed by atoms with E-state index in [1.807, 2.05) is 6.92 Å². The minimum atomic E-state index is -3.52. The molecule has 0 radical (unpaired) electrons. The van der Waals surface area contributed by atoms with Gasteiger partial charge < -0.3 is 10.2 Å². The van der Waals surface area contributed by atoms with Crippen LogP contribution < -0.4 is 20.7 Å². The van der Waals surface area contributed by atoms with E-state index in [0.717, 1.165) is 32.1 Å². The molecule has 0 unspecified atom stereocenters. The molecule has 1 aromatic rings. The molecule has 0 saturated carbocycles. The fraction of sp³-hybridized carbons (Fsp3) is 0.600. The first-order chi connectivity index (χ1) is 10.5. The molecule has 0 bridgehead atoms. The average Bonchev–Trinajstić information content (AvgIpc) is 2.52. The molecule has 0 aromatic heterocycles. The van der Waals surface area contributed by atoms with Crippen molar-refractivity contribution in [2.24, 2.45) is 5.84 Å². The number of hydrogen-bond donors (Lipinski definition) is 3. The van der Waals surface area contributed by atoms with Crippen LogP contribution in [-0.2, 0) is 10.0 Å². The molecular formula is C15H27N3O3S. The van der Waals surface area contributed by atoms with Gasteiger partial charge in [0.15, 0.2) is 0 Å². The summed E-state index contributed by atoms with van der Waals surface area (Å²) in [5.41, 5.74) is 2.94. The van der Waals surface area contributed by atoms with Crippen molar-refractivity contribution in [2.45, 2.75) is 50.8 Å². The Morgan fingerprint density at radius 2 is 1.91 bits per heavy atom. The Hall–Kier alpha value is -1.31. The maximum absolute atomic E-state index is 12.2. The lowest BCUT2D eigenvalue weighted by Gasteiger charge is -2.13. The summed E-state index contributed by atoms with van der Waals surface area (Å²) in [4.78, 5) is 0.180. The number of hydrogen-bond acceptors (Lipinski definition) is 5. The van der Waals surface area contributed by atoms with E-state index in [1.54, 1.807) is 6.07 Å². The fourth-order valence-corrected chi connectivity index (χ4v) is 3.07. The van der Waals surface area contributed by atoms with Crippen molar-refractivity contribution in [3.8, 4) is 5.75 Å². The highest BCUT2D eigenvalue weighted by Gasteiger charge is 2.15. The van der Waals surface area contributed by atoms with E-state index in [2.05, 4.69) is 17.1 Å². The van der Waals surface area contributed by atoms with E-state index in [1.165, 1.54) is 12.1 Å². The second-order valence-corrected chi connectivity index (χ2v) is 6.88. The van der Waals surface area contributed by atoms with Crippen LogP contribution in [0.4, 0.5) is 5.69 Å². The minimum Gasteiger partial charge on any atom is -0.491 e. The van der Waals surface area contributed by atoms with E-state index in [4.69, 9.17) is 10.6 Å². The third kappa shape index (κ3) is 5.82. The topological polar surface area (TPSA) is 93.5 Å². The lowest BCUT2D eigenvalue weighted by Crippen LogP contribution is -2.25. The lowest BCUT2D eigenvalue weighted by molar-refractivity contribution is 0.318. The van der Waals surface area contributed by atoms with E-state index >= 15 is 0 Å². The van der Waals surface area contributed by atoms with Crippen LogP contribution in [0, 0.1) is 0 Å². The molecule has 7 heteroatoms. The molecule has 0 heterocycles. The zero-order chi connectivity index (χ0) is 16.4. The number of nitrogens with two attached hydrogens (primary N) is 1. The number of rotatable bonds is 11. The highest BCUT2D eigenvalue weighted by atomic mass is 32.2. The molecule has 126 valence electrons. The van der Waals surface area contributed by atoms with Gasteiger partial charge in [0.05, 0.1) is 17.2 Å². The number of ether oxygens (including phenoxy) is 1. The zero-order valence-corrected chi connectivity index (χ0v) is 14.2. The van der Waals surface area contributed by atoms with Crippen molar-refractivity contribution in [1.82, 2.24) is 4.72 Å². The summed E-state index contributed by atoms with van der Waals surface area (Å²) in [6.45, 7) is 5.11. The highest BCUT2D eigenvalue weighted by Crippen LogP contribution is 2.27. The van der Waals surface area contributed by atoms with Crippen LogP contribution in [0.25, 0.3) is 0 Å². The third-order valence-electron chi connectivity index (χ3n) is 3.20. The summed E-state index contributed by atoms with van der Waals surface area (Å²) in [6, 6.07) is 4.63.